The first-order valence-electron chi connectivity index (χ1n) is 6.33. The zero-order chi connectivity index (χ0) is 14.0. The van der Waals surface area contributed by atoms with Crippen LogP contribution in [0, 0.1) is 13.8 Å². The zero-order valence-corrected chi connectivity index (χ0v) is 13.1. The highest BCUT2D eigenvalue weighted by Crippen LogP contribution is 2.26. The minimum atomic E-state index is -3.42. The number of anilines is 1. The lowest BCUT2D eigenvalue weighted by Gasteiger charge is -2.16. The summed E-state index contributed by atoms with van der Waals surface area (Å²) in [5.41, 5.74) is 2.50. The molecule has 0 radical (unpaired) electrons. The molecule has 4 nitrogen and oxygen atoms in total. The Bertz CT molecular complexity index is 541. The molecule has 0 aromatic heterocycles. The molecule has 106 valence electrons. The molecule has 1 aromatic carbocycles. The highest BCUT2D eigenvalue weighted by molar-refractivity contribution is 7.99. The van der Waals surface area contributed by atoms with Gasteiger partial charge in [-0.2, -0.15) is 11.8 Å². The molecule has 1 unspecified atom stereocenters. The molecule has 0 bridgehead atoms. The standard InChI is InChI=1S/C13H20N2O2S2/c1-9-6-12(14-3)7-10(2)13(9)19(16,17)15-11-4-5-18-8-11/h6-7,11,14-15H,4-5,8H2,1-3H3. The molecule has 0 spiro atoms. The van der Waals surface area contributed by atoms with Crippen LogP contribution < -0.4 is 10.0 Å². The van der Waals surface area contributed by atoms with E-state index >= 15 is 0 Å². The molecule has 6 heteroatoms. The summed E-state index contributed by atoms with van der Waals surface area (Å²) in [6, 6.07) is 3.80. The Morgan fingerprint density at radius 3 is 2.37 bits per heavy atom. The second kappa shape index (κ2) is 5.73. The Morgan fingerprint density at radius 1 is 1.26 bits per heavy atom. The molecule has 2 rings (SSSR count). The molecule has 0 amide bonds. The van der Waals surface area contributed by atoms with Gasteiger partial charge in [0.05, 0.1) is 4.90 Å². The van der Waals surface area contributed by atoms with Crippen LogP contribution in [0.5, 0.6) is 0 Å². The van der Waals surface area contributed by atoms with Crippen LogP contribution in [-0.4, -0.2) is 33.0 Å². The van der Waals surface area contributed by atoms with Crippen LogP contribution in [-0.2, 0) is 10.0 Å². The topological polar surface area (TPSA) is 58.2 Å². The van der Waals surface area contributed by atoms with Crippen molar-refractivity contribution in [1.82, 2.24) is 4.72 Å². The summed E-state index contributed by atoms with van der Waals surface area (Å²) in [4.78, 5) is 0.420. The number of rotatable bonds is 4. The monoisotopic (exact) mass is 300 g/mol. The van der Waals surface area contributed by atoms with E-state index in [4.69, 9.17) is 0 Å². The maximum Gasteiger partial charge on any atom is 0.241 e. The predicted octanol–water partition coefficient (Wildman–Crippen LogP) is 2.13. The van der Waals surface area contributed by atoms with Gasteiger partial charge in [-0.1, -0.05) is 0 Å². The van der Waals surface area contributed by atoms with Gasteiger partial charge in [0.25, 0.3) is 0 Å². The third kappa shape index (κ3) is 3.24. The van der Waals surface area contributed by atoms with Crippen molar-refractivity contribution in [3.05, 3.63) is 23.3 Å². The van der Waals surface area contributed by atoms with E-state index in [-0.39, 0.29) is 6.04 Å². The number of aryl methyl sites for hydroxylation is 2. The van der Waals surface area contributed by atoms with Crippen LogP contribution in [0.15, 0.2) is 17.0 Å². The maximum absolute atomic E-state index is 12.5. The van der Waals surface area contributed by atoms with Crippen LogP contribution in [0.1, 0.15) is 17.5 Å². The molecule has 0 aliphatic carbocycles. The molecule has 1 atom stereocenters. The van der Waals surface area contributed by atoms with E-state index in [0.717, 1.165) is 34.7 Å². The third-order valence-corrected chi connectivity index (χ3v) is 6.26. The van der Waals surface area contributed by atoms with Gasteiger partial charge in [-0.15, -0.1) is 0 Å². The first-order valence-corrected chi connectivity index (χ1v) is 8.97. The summed E-state index contributed by atoms with van der Waals surface area (Å²) >= 11 is 1.80. The highest BCUT2D eigenvalue weighted by Gasteiger charge is 2.25. The Hall–Kier alpha value is -0.720. The van der Waals surface area contributed by atoms with Crippen molar-refractivity contribution in [2.45, 2.75) is 31.2 Å². The van der Waals surface area contributed by atoms with Gasteiger partial charge in [0, 0.05) is 24.5 Å². The van der Waals surface area contributed by atoms with Crippen molar-refractivity contribution in [3.63, 3.8) is 0 Å². The largest absolute Gasteiger partial charge is 0.388 e. The van der Waals surface area contributed by atoms with E-state index in [9.17, 15) is 8.42 Å². The van der Waals surface area contributed by atoms with Crippen LogP contribution in [0.4, 0.5) is 5.69 Å². The molecule has 1 fully saturated rings. The van der Waals surface area contributed by atoms with Gasteiger partial charge < -0.3 is 5.32 Å². The van der Waals surface area contributed by atoms with Gasteiger partial charge in [-0.05, 0) is 49.3 Å². The van der Waals surface area contributed by atoms with Crippen molar-refractivity contribution in [1.29, 1.82) is 0 Å². The van der Waals surface area contributed by atoms with Gasteiger partial charge >= 0.3 is 0 Å². The average Bonchev–Trinajstić information content (AvgIpc) is 2.79. The van der Waals surface area contributed by atoms with Crippen molar-refractivity contribution < 1.29 is 8.42 Å². The Labute approximate surface area is 119 Å². The number of thioether (sulfide) groups is 1. The fourth-order valence-corrected chi connectivity index (χ4v) is 5.41. The summed E-state index contributed by atoms with van der Waals surface area (Å²) in [7, 11) is -1.59. The Morgan fingerprint density at radius 2 is 1.89 bits per heavy atom. The van der Waals surface area contributed by atoms with Crippen molar-refractivity contribution in [2.24, 2.45) is 0 Å². The molecule has 1 aliphatic rings. The van der Waals surface area contributed by atoms with Crippen molar-refractivity contribution in [3.8, 4) is 0 Å². The summed E-state index contributed by atoms with van der Waals surface area (Å²) < 4.78 is 27.8. The molecule has 19 heavy (non-hydrogen) atoms. The SMILES string of the molecule is CNc1cc(C)c(S(=O)(=O)NC2CCSC2)c(C)c1. The molecule has 2 N–H and O–H groups in total. The Balaban J connectivity index is 2.34. The lowest BCUT2D eigenvalue weighted by Crippen LogP contribution is -2.35. The van der Waals surface area contributed by atoms with E-state index in [0.29, 0.717) is 4.90 Å². The van der Waals surface area contributed by atoms with E-state index in [1.54, 1.807) is 11.8 Å². The second-order valence-corrected chi connectivity index (χ2v) is 7.67. The maximum atomic E-state index is 12.5. The molecular weight excluding hydrogens is 280 g/mol. The number of sulfonamides is 1. The fourth-order valence-electron chi connectivity index (χ4n) is 2.42. The quantitative estimate of drug-likeness (QED) is 0.894. The van der Waals surface area contributed by atoms with Crippen LogP contribution in [0.3, 0.4) is 0 Å². The molecule has 1 aliphatic heterocycles. The molecule has 1 saturated heterocycles. The number of benzene rings is 1. The number of nitrogens with one attached hydrogen (secondary N) is 2. The average molecular weight is 300 g/mol. The smallest absolute Gasteiger partial charge is 0.241 e. The number of hydrogen-bond donors (Lipinski definition) is 2. The second-order valence-electron chi connectivity index (χ2n) is 4.87. The van der Waals surface area contributed by atoms with E-state index in [2.05, 4.69) is 10.0 Å². The lowest BCUT2D eigenvalue weighted by molar-refractivity contribution is 0.562. The number of hydrogen-bond acceptors (Lipinski definition) is 4. The highest BCUT2D eigenvalue weighted by atomic mass is 32.2. The summed E-state index contributed by atoms with van der Waals surface area (Å²) in [5.74, 6) is 1.90. The zero-order valence-electron chi connectivity index (χ0n) is 11.5. The van der Waals surface area contributed by atoms with Gasteiger partial charge in [-0.25, -0.2) is 13.1 Å². The van der Waals surface area contributed by atoms with Crippen LogP contribution in [0.2, 0.25) is 0 Å². The molecular formula is C13H20N2O2S2. The predicted molar refractivity (Wildman–Crippen MR) is 81.5 cm³/mol. The van der Waals surface area contributed by atoms with Gasteiger partial charge in [0.2, 0.25) is 10.0 Å². The third-order valence-electron chi connectivity index (χ3n) is 3.27. The van der Waals surface area contributed by atoms with E-state index in [1.165, 1.54) is 0 Å². The molecule has 0 saturated carbocycles. The summed E-state index contributed by atoms with van der Waals surface area (Å²) in [6.45, 7) is 3.68. The van der Waals surface area contributed by atoms with Gasteiger partial charge in [-0.3, -0.25) is 0 Å². The van der Waals surface area contributed by atoms with Crippen LogP contribution in [0.25, 0.3) is 0 Å². The minimum absolute atomic E-state index is 0.0674. The van der Waals surface area contributed by atoms with Gasteiger partial charge in [0.1, 0.15) is 0 Å². The van der Waals surface area contributed by atoms with Gasteiger partial charge in [0.15, 0.2) is 0 Å². The fraction of sp³-hybridized carbons (Fsp3) is 0.538. The van der Waals surface area contributed by atoms with Crippen LogP contribution >= 0.6 is 11.8 Å². The lowest BCUT2D eigenvalue weighted by atomic mass is 10.1. The van der Waals surface area contributed by atoms with E-state index in [1.807, 2.05) is 33.0 Å². The summed E-state index contributed by atoms with van der Waals surface area (Å²) in [5, 5.41) is 3.04. The van der Waals surface area contributed by atoms with E-state index < -0.39 is 10.0 Å². The summed E-state index contributed by atoms with van der Waals surface area (Å²) in [6.07, 6.45) is 0.913. The first kappa shape index (κ1) is 14.7. The first-order chi connectivity index (χ1) is 8.94. The molecule has 1 aromatic rings. The van der Waals surface area contributed by atoms with Crippen molar-refractivity contribution >= 4 is 27.5 Å². The minimum Gasteiger partial charge on any atom is -0.388 e. The Kier molecular flexibility index (Phi) is 4.43. The normalized spacial score (nSPS) is 19.6. The molecule has 1 heterocycles. The van der Waals surface area contributed by atoms with Crippen molar-refractivity contribution in [2.75, 3.05) is 23.9 Å².